The molecule has 0 saturated carbocycles. The molecule has 0 bridgehead atoms. The summed E-state index contributed by atoms with van der Waals surface area (Å²) in [6.45, 7) is 7.71. The van der Waals surface area contributed by atoms with Crippen molar-refractivity contribution in [1.29, 1.82) is 0 Å². The Bertz CT molecular complexity index is 1510. The van der Waals surface area contributed by atoms with Gasteiger partial charge in [-0.25, -0.2) is 26.4 Å². The molecule has 1 aliphatic heterocycles. The summed E-state index contributed by atoms with van der Waals surface area (Å²) >= 11 is 0. The van der Waals surface area contributed by atoms with Crippen molar-refractivity contribution in [2.75, 3.05) is 20.2 Å². The highest BCUT2D eigenvalue weighted by Crippen LogP contribution is 2.33. The van der Waals surface area contributed by atoms with Crippen molar-refractivity contribution in [3.05, 3.63) is 71.2 Å². The molecule has 2 heterocycles. The summed E-state index contributed by atoms with van der Waals surface area (Å²) in [5, 5.41) is 0.240. The summed E-state index contributed by atoms with van der Waals surface area (Å²) in [6.07, 6.45) is 1.61. The number of aryl methyl sites for hydroxylation is 1. The van der Waals surface area contributed by atoms with Gasteiger partial charge >= 0.3 is 12.1 Å². The topological polar surface area (TPSA) is 94.9 Å². The zero-order valence-corrected chi connectivity index (χ0v) is 22.2. The van der Waals surface area contributed by atoms with Crippen molar-refractivity contribution in [3.8, 4) is 0 Å². The molecule has 3 aromatic rings. The van der Waals surface area contributed by atoms with Gasteiger partial charge in [0.25, 0.3) is 10.0 Å². The minimum absolute atomic E-state index is 0.0171. The molecule has 0 N–H and O–H groups in total. The first-order valence-corrected chi connectivity index (χ1v) is 13.2. The molecule has 0 aliphatic carbocycles. The zero-order valence-electron chi connectivity index (χ0n) is 21.4. The van der Waals surface area contributed by atoms with E-state index in [2.05, 4.69) is 0 Å². The lowest BCUT2D eigenvalue weighted by Gasteiger charge is -2.29. The molecule has 1 aliphatic rings. The number of rotatable bonds is 4. The average molecular weight is 529 g/mol. The number of fused-ring (bicyclic) bond motifs is 1. The quantitative estimate of drug-likeness (QED) is 0.436. The van der Waals surface area contributed by atoms with Crippen molar-refractivity contribution >= 4 is 38.6 Å². The molecule has 196 valence electrons. The Kier molecular flexibility index (Phi) is 6.89. The Balaban J connectivity index is 1.80. The van der Waals surface area contributed by atoms with Gasteiger partial charge in [0.1, 0.15) is 17.1 Å². The van der Waals surface area contributed by atoms with Gasteiger partial charge in [-0.3, -0.25) is 0 Å². The molecule has 1 amide bonds. The number of benzene rings is 2. The van der Waals surface area contributed by atoms with Gasteiger partial charge < -0.3 is 14.4 Å². The highest BCUT2D eigenvalue weighted by atomic mass is 32.2. The molecule has 0 saturated heterocycles. The van der Waals surface area contributed by atoms with E-state index in [0.717, 1.165) is 16.6 Å². The van der Waals surface area contributed by atoms with Gasteiger partial charge in [0.15, 0.2) is 0 Å². The van der Waals surface area contributed by atoms with Crippen LogP contribution in [-0.2, 0) is 19.5 Å². The number of ether oxygens (including phenoxy) is 2. The highest BCUT2D eigenvalue weighted by molar-refractivity contribution is 7.90. The number of hydrogen-bond acceptors (Lipinski definition) is 6. The Hall–Kier alpha value is -3.66. The first kappa shape index (κ1) is 26.4. The number of hydrogen-bond donors (Lipinski definition) is 0. The molecule has 2 aromatic carbocycles. The first-order valence-electron chi connectivity index (χ1n) is 11.7. The van der Waals surface area contributed by atoms with Gasteiger partial charge in [-0.1, -0.05) is 23.8 Å². The van der Waals surface area contributed by atoms with Crippen LogP contribution in [0.1, 0.15) is 48.8 Å². The number of halogens is 1. The molecular weight excluding hydrogens is 499 g/mol. The molecule has 0 radical (unpaired) electrons. The average Bonchev–Trinajstić information content (AvgIpc) is 3.21. The fourth-order valence-electron chi connectivity index (χ4n) is 4.18. The second kappa shape index (κ2) is 9.66. The van der Waals surface area contributed by atoms with Crippen molar-refractivity contribution in [2.45, 2.75) is 44.6 Å². The van der Waals surface area contributed by atoms with E-state index in [9.17, 15) is 18.0 Å². The van der Waals surface area contributed by atoms with Crippen molar-refractivity contribution < 1.29 is 31.9 Å². The largest absolute Gasteiger partial charge is 0.464 e. The molecule has 8 nitrogen and oxygen atoms in total. The van der Waals surface area contributed by atoms with E-state index in [1.807, 2.05) is 6.92 Å². The zero-order chi connectivity index (χ0) is 27.1. The normalized spacial score (nSPS) is 14.4. The molecule has 4 rings (SSSR count). The van der Waals surface area contributed by atoms with Crippen LogP contribution in [0.15, 0.2) is 53.4 Å². The van der Waals surface area contributed by atoms with Gasteiger partial charge in [-0.15, -0.1) is 0 Å². The standard InChI is InChI=1S/C27H29FN2O6S/c1-17-6-8-20(9-7-17)37(33,34)30-23-16-21(22(28)14-19(23)15-24(30)25(31)35-5)18-10-12-29(13-11-18)26(32)36-27(2,3)4/h6-10,14-16H,11-13H2,1-5H3. The van der Waals surface area contributed by atoms with Crippen molar-refractivity contribution in [1.82, 2.24) is 8.87 Å². The fourth-order valence-corrected chi connectivity index (χ4v) is 5.67. The third-order valence-corrected chi connectivity index (χ3v) is 7.75. The number of methoxy groups -OCH3 is 1. The lowest BCUT2D eigenvalue weighted by atomic mass is 9.98. The highest BCUT2D eigenvalue weighted by Gasteiger charge is 2.29. The third-order valence-electron chi connectivity index (χ3n) is 6.01. The van der Waals surface area contributed by atoms with Crippen LogP contribution >= 0.6 is 0 Å². The van der Waals surface area contributed by atoms with E-state index in [1.165, 1.54) is 35.2 Å². The van der Waals surface area contributed by atoms with Gasteiger partial charge in [0.05, 0.1) is 17.5 Å². The Morgan fingerprint density at radius 1 is 1.05 bits per heavy atom. The van der Waals surface area contributed by atoms with Crippen LogP contribution in [0.25, 0.3) is 16.5 Å². The van der Waals surface area contributed by atoms with Crippen LogP contribution < -0.4 is 0 Å². The summed E-state index contributed by atoms with van der Waals surface area (Å²) in [5.74, 6) is -1.43. The molecule has 0 unspecified atom stereocenters. The second-order valence-corrected chi connectivity index (χ2v) is 11.7. The maximum absolute atomic E-state index is 15.2. The lowest BCUT2D eigenvalue weighted by Crippen LogP contribution is -2.39. The summed E-state index contributed by atoms with van der Waals surface area (Å²) in [4.78, 5) is 26.4. The van der Waals surface area contributed by atoms with Gasteiger partial charge in [0.2, 0.25) is 0 Å². The fraction of sp³-hybridized carbons (Fsp3) is 0.333. The van der Waals surface area contributed by atoms with Gasteiger partial charge in [-0.05, 0) is 70.0 Å². The predicted octanol–water partition coefficient (Wildman–Crippen LogP) is 5.14. The molecular formula is C27H29FN2O6S. The maximum atomic E-state index is 15.2. The van der Waals surface area contributed by atoms with E-state index >= 15 is 4.39 Å². The van der Waals surface area contributed by atoms with Crippen molar-refractivity contribution in [2.24, 2.45) is 0 Å². The number of nitrogens with zero attached hydrogens (tertiary/aromatic N) is 2. The predicted molar refractivity (Wildman–Crippen MR) is 137 cm³/mol. The van der Waals surface area contributed by atoms with Crippen LogP contribution in [-0.4, -0.2) is 55.2 Å². The van der Waals surface area contributed by atoms with Gasteiger partial charge in [-0.2, -0.15) is 0 Å². The Morgan fingerprint density at radius 2 is 1.73 bits per heavy atom. The molecule has 0 atom stereocenters. The van der Waals surface area contributed by atoms with Crippen LogP contribution in [0, 0.1) is 12.7 Å². The van der Waals surface area contributed by atoms with Crippen LogP contribution in [0.3, 0.4) is 0 Å². The monoisotopic (exact) mass is 528 g/mol. The molecule has 0 spiro atoms. The Labute approximate surface area is 215 Å². The second-order valence-electron chi connectivity index (χ2n) is 9.90. The molecule has 37 heavy (non-hydrogen) atoms. The molecule has 1 aromatic heterocycles. The number of amides is 1. The van der Waals surface area contributed by atoms with Crippen LogP contribution in [0.2, 0.25) is 0 Å². The summed E-state index contributed by atoms with van der Waals surface area (Å²) in [7, 11) is -3.07. The summed E-state index contributed by atoms with van der Waals surface area (Å²) in [6, 6.07) is 10.2. The number of carbonyl (C=O) groups excluding carboxylic acids is 2. The Morgan fingerprint density at radius 3 is 2.30 bits per heavy atom. The smallest absolute Gasteiger partial charge is 0.410 e. The SMILES string of the molecule is COC(=O)c1cc2cc(F)c(C3=CCN(C(=O)OC(C)(C)C)CC3)cc2n1S(=O)(=O)c1ccc(C)cc1. The summed E-state index contributed by atoms with van der Waals surface area (Å²) in [5.41, 5.74) is 0.976. The van der Waals surface area contributed by atoms with E-state index in [0.29, 0.717) is 18.5 Å². The van der Waals surface area contributed by atoms with E-state index in [1.54, 1.807) is 39.0 Å². The number of esters is 1. The number of carbonyl (C=O) groups is 2. The minimum Gasteiger partial charge on any atom is -0.464 e. The van der Waals surface area contributed by atoms with Gasteiger partial charge in [0, 0.05) is 24.0 Å². The van der Waals surface area contributed by atoms with Crippen LogP contribution in [0.5, 0.6) is 0 Å². The minimum atomic E-state index is -4.22. The lowest BCUT2D eigenvalue weighted by molar-refractivity contribution is 0.0270. The first-order chi connectivity index (χ1) is 17.3. The van der Waals surface area contributed by atoms with E-state index < -0.39 is 33.5 Å². The molecule has 10 heteroatoms. The molecule has 0 fully saturated rings. The van der Waals surface area contributed by atoms with Crippen molar-refractivity contribution in [3.63, 3.8) is 0 Å². The third kappa shape index (κ3) is 5.24. The maximum Gasteiger partial charge on any atom is 0.410 e. The van der Waals surface area contributed by atoms with Crippen LogP contribution in [0.4, 0.5) is 9.18 Å². The summed E-state index contributed by atoms with van der Waals surface area (Å²) < 4.78 is 53.7. The van der Waals surface area contributed by atoms with E-state index in [4.69, 9.17) is 9.47 Å². The number of aromatic nitrogens is 1. The van der Waals surface area contributed by atoms with E-state index in [-0.39, 0.29) is 33.6 Å².